The summed E-state index contributed by atoms with van der Waals surface area (Å²) in [5, 5.41) is 0. The average Bonchev–Trinajstić information content (AvgIpc) is 3.27. The normalized spacial score (nSPS) is 18.8. The maximum atomic E-state index is 13.4. The van der Waals surface area contributed by atoms with Crippen LogP contribution in [0.15, 0.2) is 42.9 Å². The second kappa shape index (κ2) is 6.54. The Morgan fingerprint density at radius 1 is 1.33 bits per heavy atom. The third-order valence-corrected chi connectivity index (χ3v) is 4.19. The first-order valence-electron chi connectivity index (χ1n) is 7.90. The van der Waals surface area contributed by atoms with Crippen molar-refractivity contribution in [2.75, 3.05) is 19.8 Å². The van der Waals surface area contributed by atoms with E-state index < -0.39 is 0 Å². The molecule has 0 bridgehead atoms. The van der Waals surface area contributed by atoms with E-state index in [1.165, 1.54) is 12.1 Å². The number of morpholine rings is 1. The fourth-order valence-electron chi connectivity index (χ4n) is 2.96. The van der Waals surface area contributed by atoms with Crippen LogP contribution in [0, 0.1) is 5.82 Å². The fourth-order valence-corrected chi connectivity index (χ4v) is 2.96. The third-order valence-electron chi connectivity index (χ3n) is 4.19. The number of H-pyrrole nitrogens is 2. The number of hydrogen-bond acceptors (Lipinski definition) is 4. The molecule has 3 heterocycles. The van der Waals surface area contributed by atoms with E-state index in [1.54, 1.807) is 18.5 Å². The summed E-state index contributed by atoms with van der Waals surface area (Å²) in [6.45, 7) is 2.77. The standard InChI is InChI=1S/C17H18FN5O/c18-13-3-1-2-12(8-13)14-9-21-17(22-14)15-11-24-7-6-23(15)10-16-19-4-5-20-16/h1-5,8-9,15H,6-7,10-11H2,(H,19,20)(H,21,22)/t15-/m0/s1. The van der Waals surface area contributed by atoms with Crippen LogP contribution in [-0.2, 0) is 11.3 Å². The van der Waals surface area contributed by atoms with Crippen LogP contribution >= 0.6 is 0 Å². The lowest BCUT2D eigenvalue weighted by atomic mass is 10.1. The first kappa shape index (κ1) is 15.0. The van der Waals surface area contributed by atoms with Gasteiger partial charge in [-0.25, -0.2) is 14.4 Å². The SMILES string of the molecule is Fc1cccc(-c2cnc([C@@H]3COCCN3Cc3ncc[nH]3)[nH]2)c1. The van der Waals surface area contributed by atoms with Gasteiger partial charge in [-0.1, -0.05) is 12.1 Å². The van der Waals surface area contributed by atoms with Crippen LogP contribution < -0.4 is 0 Å². The zero-order valence-electron chi connectivity index (χ0n) is 13.1. The summed E-state index contributed by atoms with van der Waals surface area (Å²) in [4.78, 5) is 17.5. The van der Waals surface area contributed by atoms with Crippen molar-refractivity contribution in [3.8, 4) is 11.3 Å². The summed E-state index contributed by atoms with van der Waals surface area (Å²) in [6.07, 6.45) is 5.31. The van der Waals surface area contributed by atoms with Crippen molar-refractivity contribution in [3.63, 3.8) is 0 Å². The summed E-state index contributed by atoms with van der Waals surface area (Å²) in [5.41, 5.74) is 1.58. The number of halogens is 1. The summed E-state index contributed by atoms with van der Waals surface area (Å²) >= 11 is 0. The highest BCUT2D eigenvalue weighted by atomic mass is 19.1. The molecule has 0 unspecified atom stereocenters. The maximum Gasteiger partial charge on any atom is 0.126 e. The monoisotopic (exact) mass is 327 g/mol. The number of rotatable bonds is 4. The van der Waals surface area contributed by atoms with E-state index in [4.69, 9.17) is 4.74 Å². The van der Waals surface area contributed by atoms with Crippen molar-refractivity contribution in [2.24, 2.45) is 0 Å². The molecular formula is C17H18FN5O. The van der Waals surface area contributed by atoms with Gasteiger partial charge < -0.3 is 14.7 Å². The number of aromatic amines is 2. The molecule has 6 nitrogen and oxygen atoms in total. The third kappa shape index (κ3) is 3.08. The number of benzene rings is 1. The molecule has 0 radical (unpaired) electrons. The van der Waals surface area contributed by atoms with E-state index >= 15 is 0 Å². The molecule has 1 atom stereocenters. The number of imidazole rings is 2. The highest BCUT2D eigenvalue weighted by molar-refractivity contribution is 5.58. The van der Waals surface area contributed by atoms with Crippen molar-refractivity contribution in [2.45, 2.75) is 12.6 Å². The number of hydrogen-bond donors (Lipinski definition) is 2. The molecule has 4 rings (SSSR count). The Kier molecular flexibility index (Phi) is 4.10. The molecule has 1 saturated heterocycles. The van der Waals surface area contributed by atoms with Gasteiger partial charge in [-0.2, -0.15) is 0 Å². The van der Waals surface area contributed by atoms with Crippen molar-refractivity contribution in [1.82, 2.24) is 24.8 Å². The minimum Gasteiger partial charge on any atom is -0.378 e. The van der Waals surface area contributed by atoms with Gasteiger partial charge in [0.15, 0.2) is 0 Å². The number of nitrogens with one attached hydrogen (secondary N) is 2. The van der Waals surface area contributed by atoms with Crippen LogP contribution in [0.1, 0.15) is 17.7 Å². The van der Waals surface area contributed by atoms with E-state index in [9.17, 15) is 4.39 Å². The summed E-state index contributed by atoms with van der Waals surface area (Å²) in [7, 11) is 0. The van der Waals surface area contributed by atoms with Crippen molar-refractivity contribution in [3.05, 3.63) is 60.3 Å². The minimum absolute atomic E-state index is 0.0196. The van der Waals surface area contributed by atoms with E-state index in [0.717, 1.165) is 29.5 Å². The van der Waals surface area contributed by atoms with Gasteiger partial charge in [0, 0.05) is 24.5 Å². The Morgan fingerprint density at radius 2 is 2.29 bits per heavy atom. The number of aromatic nitrogens is 4. The number of ether oxygens (including phenoxy) is 1. The van der Waals surface area contributed by atoms with E-state index in [-0.39, 0.29) is 11.9 Å². The van der Waals surface area contributed by atoms with Crippen molar-refractivity contribution < 1.29 is 9.13 Å². The van der Waals surface area contributed by atoms with Gasteiger partial charge in [0.2, 0.25) is 0 Å². The topological polar surface area (TPSA) is 69.8 Å². The lowest BCUT2D eigenvalue weighted by molar-refractivity contribution is -0.0166. The zero-order chi connectivity index (χ0) is 16.4. The van der Waals surface area contributed by atoms with Crippen LogP contribution in [0.4, 0.5) is 4.39 Å². The lowest BCUT2D eigenvalue weighted by Crippen LogP contribution is -2.39. The van der Waals surface area contributed by atoms with Gasteiger partial charge in [0.1, 0.15) is 17.5 Å². The van der Waals surface area contributed by atoms with Gasteiger partial charge in [0.25, 0.3) is 0 Å². The van der Waals surface area contributed by atoms with Gasteiger partial charge >= 0.3 is 0 Å². The molecule has 1 aliphatic heterocycles. The zero-order valence-corrected chi connectivity index (χ0v) is 13.1. The molecule has 2 N–H and O–H groups in total. The average molecular weight is 327 g/mol. The highest BCUT2D eigenvalue weighted by Gasteiger charge is 2.27. The van der Waals surface area contributed by atoms with E-state index in [2.05, 4.69) is 24.8 Å². The molecule has 2 aromatic heterocycles. The quantitative estimate of drug-likeness (QED) is 0.772. The summed E-state index contributed by atoms with van der Waals surface area (Å²) < 4.78 is 19.0. The Morgan fingerprint density at radius 3 is 3.12 bits per heavy atom. The fraction of sp³-hybridized carbons (Fsp3) is 0.294. The molecule has 24 heavy (non-hydrogen) atoms. The Hall–Kier alpha value is -2.51. The van der Waals surface area contributed by atoms with Crippen LogP contribution in [0.5, 0.6) is 0 Å². The minimum atomic E-state index is -0.260. The second-order valence-electron chi connectivity index (χ2n) is 5.79. The van der Waals surface area contributed by atoms with Gasteiger partial charge in [0.05, 0.1) is 37.7 Å². The van der Waals surface area contributed by atoms with E-state index in [1.807, 2.05) is 12.3 Å². The predicted molar refractivity (Wildman–Crippen MR) is 86.5 cm³/mol. The van der Waals surface area contributed by atoms with Gasteiger partial charge in [-0.05, 0) is 12.1 Å². The molecule has 124 valence electrons. The molecule has 1 fully saturated rings. The summed E-state index contributed by atoms with van der Waals surface area (Å²) in [6, 6.07) is 6.50. The smallest absolute Gasteiger partial charge is 0.126 e. The largest absolute Gasteiger partial charge is 0.378 e. The molecular weight excluding hydrogens is 309 g/mol. The predicted octanol–water partition coefficient (Wildman–Crippen LogP) is 2.51. The number of nitrogens with zero attached hydrogens (tertiary/aromatic N) is 3. The highest BCUT2D eigenvalue weighted by Crippen LogP contribution is 2.26. The van der Waals surface area contributed by atoms with Crippen LogP contribution in [0.25, 0.3) is 11.3 Å². The Balaban J connectivity index is 1.57. The van der Waals surface area contributed by atoms with Gasteiger partial charge in [-0.15, -0.1) is 0 Å². The molecule has 7 heteroatoms. The molecule has 1 aromatic carbocycles. The first-order chi connectivity index (χ1) is 11.8. The van der Waals surface area contributed by atoms with Crippen LogP contribution in [0.2, 0.25) is 0 Å². The van der Waals surface area contributed by atoms with Crippen LogP contribution in [0.3, 0.4) is 0 Å². The molecule has 0 amide bonds. The lowest BCUT2D eigenvalue weighted by Gasteiger charge is -2.33. The Bertz CT molecular complexity index is 801. The van der Waals surface area contributed by atoms with Gasteiger partial charge in [-0.3, -0.25) is 4.90 Å². The molecule has 0 spiro atoms. The first-order valence-corrected chi connectivity index (χ1v) is 7.90. The van der Waals surface area contributed by atoms with Crippen LogP contribution in [-0.4, -0.2) is 44.6 Å². The van der Waals surface area contributed by atoms with Crippen molar-refractivity contribution >= 4 is 0 Å². The molecule has 0 saturated carbocycles. The molecule has 0 aliphatic carbocycles. The maximum absolute atomic E-state index is 13.4. The summed E-state index contributed by atoms with van der Waals surface area (Å²) in [5.74, 6) is 1.48. The van der Waals surface area contributed by atoms with Crippen molar-refractivity contribution in [1.29, 1.82) is 0 Å². The Labute approximate surface area is 138 Å². The second-order valence-corrected chi connectivity index (χ2v) is 5.79. The molecule has 3 aromatic rings. The van der Waals surface area contributed by atoms with E-state index in [0.29, 0.717) is 19.8 Å². The molecule has 1 aliphatic rings.